The van der Waals surface area contributed by atoms with Crippen LogP contribution in [0.15, 0.2) is 24.3 Å². The van der Waals surface area contributed by atoms with Crippen LogP contribution in [0.5, 0.6) is 0 Å². The fourth-order valence-electron chi connectivity index (χ4n) is 2.74. The van der Waals surface area contributed by atoms with Crippen LogP contribution in [0, 0.1) is 0 Å². The van der Waals surface area contributed by atoms with Crippen LogP contribution in [0.3, 0.4) is 0 Å². The van der Waals surface area contributed by atoms with Crippen LogP contribution < -0.4 is 5.32 Å². The minimum atomic E-state index is 0.711. The van der Waals surface area contributed by atoms with E-state index in [0.29, 0.717) is 6.04 Å². The smallest absolute Gasteiger partial charge is 0.0835 e. The van der Waals surface area contributed by atoms with Gasteiger partial charge < -0.3 is 5.32 Å². The molecule has 0 unspecified atom stereocenters. The first-order chi connectivity index (χ1) is 10.2. The number of halogens is 1. The first-order valence-corrected chi connectivity index (χ1v) is 8.20. The minimum absolute atomic E-state index is 0.711. The number of aryl methyl sites for hydroxylation is 1. The highest BCUT2D eigenvalue weighted by Crippen LogP contribution is 2.26. The van der Waals surface area contributed by atoms with Crippen molar-refractivity contribution in [2.45, 2.75) is 52.1 Å². The Labute approximate surface area is 131 Å². The third kappa shape index (κ3) is 2.99. The van der Waals surface area contributed by atoms with Crippen molar-refractivity contribution in [2.75, 3.05) is 0 Å². The largest absolute Gasteiger partial charge is 0.310 e. The first-order valence-electron chi connectivity index (χ1n) is 7.82. The predicted octanol–water partition coefficient (Wildman–Crippen LogP) is 3.90. The fourth-order valence-corrected chi connectivity index (χ4v) is 2.96. The van der Waals surface area contributed by atoms with E-state index in [-0.39, 0.29) is 0 Å². The number of para-hydroxylation sites is 1. The molecule has 0 bridgehead atoms. The van der Waals surface area contributed by atoms with E-state index in [4.69, 9.17) is 16.7 Å². The van der Waals surface area contributed by atoms with Crippen LogP contribution in [-0.2, 0) is 19.4 Å². The number of rotatable bonds is 6. The second-order valence-corrected chi connectivity index (χ2v) is 6.00. The van der Waals surface area contributed by atoms with Gasteiger partial charge in [0.1, 0.15) is 0 Å². The molecule has 0 atom stereocenters. The Balaban J connectivity index is 2.01. The first kappa shape index (κ1) is 14.6. The Kier molecular flexibility index (Phi) is 4.32. The lowest BCUT2D eigenvalue weighted by molar-refractivity contribution is 0.677. The van der Waals surface area contributed by atoms with Gasteiger partial charge in [-0.3, -0.25) is 0 Å². The van der Waals surface area contributed by atoms with Gasteiger partial charge in [-0.25, -0.2) is 4.68 Å². The molecule has 21 heavy (non-hydrogen) atoms. The van der Waals surface area contributed by atoms with Gasteiger partial charge in [0, 0.05) is 23.8 Å². The van der Waals surface area contributed by atoms with Crippen molar-refractivity contribution in [3.8, 4) is 5.69 Å². The average Bonchev–Trinajstić information content (AvgIpc) is 3.26. The topological polar surface area (TPSA) is 29.9 Å². The molecule has 1 saturated carbocycles. The molecule has 112 valence electrons. The van der Waals surface area contributed by atoms with Gasteiger partial charge in [-0.2, -0.15) is 5.10 Å². The fraction of sp³-hybridized carbons (Fsp3) is 0.471. The molecule has 1 heterocycles. The quantitative estimate of drug-likeness (QED) is 0.877. The van der Waals surface area contributed by atoms with E-state index < -0.39 is 0 Å². The molecule has 3 nitrogen and oxygen atoms in total. The molecule has 1 aliphatic rings. The summed E-state index contributed by atoms with van der Waals surface area (Å²) < 4.78 is 2.03. The van der Waals surface area contributed by atoms with Crippen molar-refractivity contribution in [3.05, 3.63) is 46.2 Å². The zero-order chi connectivity index (χ0) is 14.8. The van der Waals surface area contributed by atoms with Gasteiger partial charge in [-0.15, -0.1) is 0 Å². The number of aromatic nitrogens is 2. The summed E-state index contributed by atoms with van der Waals surface area (Å²) >= 11 is 6.35. The summed E-state index contributed by atoms with van der Waals surface area (Å²) in [5, 5.41) is 9.19. The molecule has 0 radical (unpaired) electrons. The summed E-state index contributed by atoms with van der Waals surface area (Å²) in [6, 6.07) is 8.63. The van der Waals surface area contributed by atoms with Crippen LogP contribution >= 0.6 is 11.6 Å². The summed E-state index contributed by atoms with van der Waals surface area (Å²) in [6.45, 7) is 5.27. The molecule has 4 heteroatoms. The molecular weight excluding hydrogens is 282 g/mol. The van der Waals surface area contributed by atoms with Crippen molar-refractivity contribution >= 4 is 11.6 Å². The number of hydrogen-bond acceptors (Lipinski definition) is 2. The standard InChI is InChI=1S/C17H22ClN3/c1-3-15-13(11-19-12-9-10-12)16(4-2)21(20-15)17-8-6-5-7-14(17)18/h5-8,12,19H,3-4,9-11H2,1-2H3. The third-order valence-electron chi connectivity index (χ3n) is 4.07. The zero-order valence-electron chi connectivity index (χ0n) is 12.7. The molecule has 0 amide bonds. The molecule has 1 aliphatic carbocycles. The molecule has 0 saturated heterocycles. The maximum absolute atomic E-state index is 6.35. The van der Waals surface area contributed by atoms with Crippen molar-refractivity contribution in [3.63, 3.8) is 0 Å². The molecule has 0 spiro atoms. The van der Waals surface area contributed by atoms with E-state index in [0.717, 1.165) is 30.1 Å². The molecule has 3 rings (SSSR count). The lowest BCUT2D eigenvalue weighted by Gasteiger charge is -2.10. The maximum atomic E-state index is 6.35. The van der Waals surface area contributed by atoms with E-state index in [1.807, 2.05) is 28.9 Å². The van der Waals surface area contributed by atoms with Gasteiger partial charge in [0.2, 0.25) is 0 Å². The summed E-state index contributed by atoms with van der Waals surface area (Å²) in [5.41, 5.74) is 4.78. The van der Waals surface area contributed by atoms with Crippen LogP contribution in [0.2, 0.25) is 5.02 Å². The van der Waals surface area contributed by atoms with Crippen molar-refractivity contribution in [1.29, 1.82) is 0 Å². The highest BCUT2D eigenvalue weighted by molar-refractivity contribution is 6.32. The van der Waals surface area contributed by atoms with Gasteiger partial charge in [0.25, 0.3) is 0 Å². The second kappa shape index (κ2) is 6.20. The Morgan fingerprint density at radius 2 is 2.00 bits per heavy atom. The van der Waals surface area contributed by atoms with Crippen LogP contribution in [0.1, 0.15) is 43.6 Å². The molecule has 1 fully saturated rings. The average molecular weight is 304 g/mol. The normalized spacial score (nSPS) is 14.6. The Hall–Kier alpha value is -1.32. The Bertz CT molecular complexity index is 629. The summed E-state index contributed by atoms with van der Waals surface area (Å²) in [4.78, 5) is 0. The van der Waals surface area contributed by atoms with Gasteiger partial charge in [-0.05, 0) is 37.8 Å². The Morgan fingerprint density at radius 3 is 2.62 bits per heavy atom. The number of benzene rings is 1. The van der Waals surface area contributed by atoms with Crippen LogP contribution in [0.25, 0.3) is 5.69 Å². The molecule has 2 aromatic rings. The maximum Gasteiger partial charge on any atom is 0.0835 e. The van der Waals surface area contributed by atoms with Gasteiger partial charge in [-0.1, -0.05) is 37.6 Å². The van der Waals surface area contributed by atoms with E-state index in [2.05, 4.69) is 19.2 Å². The monoisotopic (exact) mass is 303 g/mol. The molecule has 1 aromatic heterocycles. The second-order valence-electron chi connectivity index (χ2n) is 5.60. The molecule has 0 aliphatic heterocycles. The highest BCUT2D eigenvalue weighted by Gasteiger charge is 2.23. The molecule has 1 aromatic carbocycles. The van der Waals surface area contributed by atoms with Gasteiger partial charge >= 0.3 is 0 Å². The van der Waals surface area contributed by atoms with Crippen molar-refractivity contribution < 1.29 is 0 Å². The highest BCUT2D eigenvalue weighted by atomic mass is 35.5. The van der Waals surface area contributed by atoms with Gasteiger partial charge in [0.05, 0.1) is 16.4 Å². The van der Waals surface area contributed by atoms with Crippen molar-refractivity contribution in [1.82, 2.24) is 15.1 Å². The number of nitrogens with one attached hydrogen (secondary N) is 1. The van der Waals surface area contributed by atoms with Crippen LogP contribution in [-0.4, -0.2) is 15.8 Å². The SMILES string of the molecule is CCc1nn(-c2ccccc2Cl)c(CC)c1CNC1CC1. The Morgan fingerprint density at radius 1 is 1.24 bits per heavy atom. The lowest BCUT2D eigenvalue weighted by atomic mass is 10.1. The minimum Gasteiger partial charge on any atom is -0.310 e. The number of hydrogen-bond donors (Lipinski definition) is 1. The summed E-state index contributed by atoms with van der Waals surface area (Å²) in [5.74, 6) is 0. The predicted molar refractivity (Wildman–Crippen MR) is 87.2 cm³/mol. The lowest BCUT2D eigenvalue weighted by Crippen LogP contribution is -2.17. The summed E-state index contributed by atoms with van der Waals surface area (Å²) in [6.07, 6.45) is 4.52. The van der Waals surface area contributed by atoms with Crippen LogP contribution in [0.4, 0.5) is 0 Å². The number of nitrogens with zero attached hydrogens (tertiary/aromatic N) is 2. The molecular formula is C17H22ClN3. The van der Waals surface area contributed by atoms with E-state index >= 15 is 0 Å². The van der Waals surface area contributed by atoms with E-state index in [1.54, 1.807) is 0 Å². The van der Waals surface area contributed by atoms with E-state index in [9.17, 15) is 0 Å². The van der Waals surface area contributed by atoms with Gasteiger partial charge in [0.15, 0.2) is 0 Å². The molecule has 1 N–H and O–H groups in total. The third-order valence-corrected chi connectivity index (χ3v) is 4.39. The summed E-state index contributed by atoms with van der Waals surface area (Å²) in [7, 11) is 0. The zero-order valence-corrected chi connectivity index (χ0v) is 13.5. The van der Waals surface area contributed by atoms with Crippen molar-refractivity contribution in [2.24, 2.45) is 0 Å². The van der Waals surface area contributed by atoms with E-state index in [1.165, 1.54) is 29.8 Å².